The maximum atomic E-state index is 13.3. The lowest BCUT2D eigenvalue weighted by molar-refractivity contribution is -0.141. The summed E-state index contributed by atoms with van der Waals surface area (Å²) in [6.45, 7) is 1.85. The number of hydrogen-bond donors (Lipinski definition) is 2. The second-order valence-corrected chi connectivity index (χ2v) is 10.6. The van der Waals surface area contributed by atoms with Crippen molar-refractivity contribution >= 4 is 17.4 Å². The van der Waals surface area contributed by atoms with Crippen molar-refractivity contribution in [2.75, 3.05) is 25.5 Å². The van der Waals surface area contributed by atoms with E-state index in [1.54, 1.807) is 4.52 Å². The van der Waals surface area contributed by atoms with E-state index >= 15 is 0 Å². The Bertz CT molecular complexity index is 1450. The molecule has 2 bridgehead atoms. The summed E-state index contributed by atoms with van der Waals surface area (Å²) < 4.78 is 7.25. The Morgan fingerprint density at radius 3 is 2.55 bits per heavy atom. The lowest BCUT2D eigenvalue weighted by Crippen LogP contribution is -2.57. The Balaban J connectivity index is 1.16. The van der Waals surface area contributed by atoms with Gasteiger partial charge in [0.05, 0.1) is 25.1 Å². The number of carbonyl (C=O) groups excluding carboxylic acids is 1. The number of nitrogens with zero attached hydrogens (tertiary/aromatic N) is 5. The van der Waals surface area contributed by atoms with Crippen molar-refractivity contribution < 1.29 is 9.53 Å². The van der Waals surface area contributed by atoms with Crippen LogP contribution in [-0.4, -0.2) is 68.3 Å². The molecule has 3 aliphatic heterocycles. The van der Waals surface area contributed by atoms with Gasteiger partial charge in [-0.25, -0.2) is 4.98 Å². The Labute approximate surface area is 221 Å². The van der Waals surface area contributed by atoms with Crippen LogP contribution in [0.4, 0.5) is 5.82 Å². The zero-order valence-electron chi connectivity index (χ0n) is 21.2. The molecular weight excluding hydrogens is 478 g/mol. The van der Waals surface area contributed by atoms with Gasteiger partial charge >= 0.3 is 0 Å². The summed E-state index contributed by atoms with van der Waals surface area (Å²) in [4.78, 5) is 25.2. The molecule has 0 spiro atoms. The number of anilines is 1. The predicted molar refractivity (Wildman–Crippen MR) is 144 cm³/mol. The molecule has 194 valence electrons. The number of piperidine rings is 1. The second-order valence-electron chi connectivity index (χ2n) is 10.6. The minimum Gasteiger partial charge on any atom is -0.384 e. The summed E-state index contributed by atoms with van der Waals surface area (Å²) in [6.07, 6.45) is 7.55. The Kier molecular flexibility index (Phi) is 5.82. The van der Waals surface area contributed by atoms with Crippen LogP contribution in [-0.2, 0) is 9.53 Å². The van der Waals surface area contributed by atoms with Crippen LogP contribution in [0.25, 0.3) is 28.0 Å². The van der Waals surface area contributed by atoms with Gasteiger partial charge in [-0.1, -0.05) is 36.4 Å². The smallest absolute Gasteiger partial charge is 0.242 e. The maximum absolute atomic E-state index is 13.3. The molecule has 0 saturated carbocycles. The second kappa shape index (κ2) is 9.49. The number of morpholine rings is 1. The number of aromatic nitrogens is 4. The summed E-state index contributed by atoms with van der Waals surface area (Å²) in [6, 6.07) is 16.4. The van der Waals surface area contributed by atoms with E-state index < -0.39 is 0 Å². The minimum absolute atomic E-state index is 0.183. The molecule has 7 rings (SSSR count). The van der Waals surface area contributed by atoms with Crippen molar-refractivity contribution in [3.63, 3.8) is 0 Å². The highest BCUT2D eigenvalue weighted by molar-refractivity contribution is 5.83. The molecule has 4 aromatic rings. The molecule has 0 aliphatic carbocycles. The fourth-order valence-corrected chi connectivity index (χ4v) is 6.43. The monoisotopic (exact) mass is 509 g/mol. The molecule has 38 heavy (non-hydrogen) atoms. The molecule has 1 aromatic carbocycles. The third-order valence-electron chi connectivity index (χ3n) is 8.29. The van der Waals surface area contributed by atoms with Gasteiger partial charge in [0.25, 0.3) is 0 Å². The number of amides is 1. The molecule has 3 aromatic heterocycles. The van der Waals surface area contributed by atoms with Gasteiger partial charge in [0, 0.05) is 59.2 Å². The molecule has 3 N–H and O–H groups in total. The summed E-state index contributed by atoms with van der Waals surface area (Å²) in [7, 11) is 0. The van der Waals surface area contributed by atoms with Crippen molar-refractivity contribution in [3.05, 3.63) is 66.6 Å². The minimum atomic E-state index is -0.232. The van der Waals surface area contributed by atoms with E-state index in [0.717, 1.165) is 66.0 Å². The first-order valence-electron chi connectivity index (χ1n) is 13.4. The van der Waals surface area contributed by atoms with Gasteiger partial charge in [-0.2, -0.15) is 9.61 Å². The fourth-order valence-electron chi connectivity index (χ4n) is 6.43. The van der Waals surface area contributed by atoms with E-state index in [1.807, 2.05) is 42.7 Å². The maximum Gasteiger partial charge on any atom is 0.242 e. The van der Waals surface area contributed by atoms with Gasteiger partial charge in [0.1, 0.15) is 11.9 Å². The van der Waals surface area contributed by atoms with E-state index in [2.05, 4.69) is 33.5 Å². The predicted octanol–water partition coefficient (Wildman–Crippen LogP) is 3.27. The number of rotatable bonds is 4. The van der Waals surface area contributed by atoms with Crippen LogP contribution >= 0.6 is 0 Å². The van der Waals surface area contributed by atoms with Gasteiger partial charge < -0.3 is 20.7 Å². The summed E-state index contributed by atoms with van der Waals surface area (Å²) in [5.41, 5.74) is 12.0. The van der Waals surface area contributed by atoms with Crippen LogP contribution in [0.15, 0.2) is 60.9 Å². The molecule has 3 aliphatic rings. The van der Waals surface area contributed by atoms with Crippen LogP contribution in [0.1, 0.15) is 37.3 Å². The molecule has 6 heterocycles. The Hall–Kier alpha value is -3.82. The van der Waals surface area contributed by atoms with Gasteiger partial charge in [-0.15, -0.1) is 0 Å². The van der Waals surface area contributed by atoms with Crippen LogP contribution < -0.4 is 11.1 Å². The highest BCUT2D eigenvalue weighted by Gasteiger charge is 2.45. The lowest BCUT2D eigenvalue weighted by Gasteiger charge is -2.41. The molecule has 1 unspecified atom stereocenters. The molecule has 9 heteroatoms. The van der Waals surface area contributed by atoms with Crippen molar-refractivity contribution in [2.24, 2.45) is 0 Å². The number of nitrogens with one attached hydrogen (secondary N) is 1. The van der Waals surface area contributed by atoms with Gasteiger partial charge in [-0.05, 0) is 31.7 Å². The number of pyridine rings is 1. The summed E-state index contributed by atoms with van der Waals surface area (Å²) in [5, 5.41) is 7.85. The average molecular weight is 510 g/mol. The van der Waals surface area contributed by atoms with Gasteiger partial charge in [0.2, 0.25) is 5.91 Å². The molecule has 9 nitrogen and oxygen atoms in total. The van der Waals surface area contributed by atoms with Crippen molar-refractivity contribution in [1.82, 2.24) is 29.8 Å². The number of ether oxygens (including phenoxy) is 1. The number of carbonyl (C=O) groups is 1. The first-order valence-corrected chi connectivity index (χ1v) is 13.4. The standard InChI is InChI=1S/C29H31N7O2/c30-27-14-25(20-12-21-7-8-22(13-20)35(21)29(37)26-17-38-11-10-31-26)34-28-23(16-33-36(27)28)19-6-9-24(32-15-19)18-4-2-1-3-5-18/h1-6,9,14-16,20-22,26,31H,7-8,10-13,17,30H2/t20-,21+,22-,26?. The highest BCUT2D eigenvalue weighted by Crippen LogP contribution is 2.43. The topological polar surface area (TPSA) is 111 Å². The molecular formula is C29H31N7O2. The number of nitrogen functional groups attached to an aromatic ring is 1. The third kappa shape index (κ3) is 4.02. The SMILES string of the molecule is Nc1cc([C@H]2C[C@H]3CC[C@@H](C2)N3C(=O)C2COCCN2)nc2c(-c3ccc(-c4ccccc4)nc3)cnn12. The normalized spacial score (nSPS) is 25.1. The van der Waals surface area contributed by atoms with Crippen molar-refractivity contribution in [1.29, 1.82) is 0 Å². The average Bonchev–Trinajstić information content (AvgIpc) is 3.52. The molecule has 3 fully saturated rings. The van der Waals surface area contributed by atoms with E-state index in [0.29, 0.717) is 19.0 Å². The van der Waals surface area contributed by atoms with Gasteiger partial charge in [-0.3, -0.25) is 9.78 Å². The van der Waals surface area contributed by atoms with Crippen LogP contribution in [0, 0.1) is 0 Å². The number of benzene rings is 1. The largest absolute Gasteiger partial charge is 0.384 e. The Morgan fingerprint density at radius 1 is 1.03 bits per heavy atom. The highest BCUT2D eigenvalue weighted by atomic mass is 16.5. The van der Waals surface area contributed by atoms with Crippen LogP contribution in [0.3, 0.4) is 0 Å². The number of nitrogens with two attached hydrogens (primary N) is 1. The van der Waals surface area contributed by atoms with E-state index in [4.69, 9.17) is 20.4 Å². The summed E-state index contributed by atoms with van der Waals surface area (Å²) >= 11 is 0. The molecule has 0 radical (unpaired) electrons. The Morgan fingerprint density at radius 2 is 1.84 bits per heavy atom. The van der Waals surface area contributed by atoms with Crippen molar-refractivity contribution in [3.8, 4) is 22.4 Å². The van der Waals surface area contributed by atoms with E-state index in [9.17, 15) is 4.79 Å². The van der Waals surface area contributed by atoms with Crippen LogP contribution in [0.5, 0.6) is 0 Å². The molecule has 1 amide bonds. The molecule has 3 saturated heterocycles. The van der Waals surface area contributed by atoms with Crippen molar-refractivity contribution in [2.45, 2.75) is 49.7 Å². The third-order valence-corrected chi connectivity index (χ3v) is 8.29. The molecule has 4 atom stereocenters. The first-order chi connectivity index (χ1) is 18.7. The first kappa shape index (κ1) is 23.3. The van der Waals surface area contributed by atoms with E-state index in [-0.39, 0.29) is 30.0 Å². The van der Waals surface area contributed by atoms with Crippen LogP contribution in [0.2, 0.25) is 0 Å². The quantitative estimate of drug-likeness (QED) is 0.434. The number of hydrogen-bond acceptors (Lipinski definition) is 7. The number of fused-ring (bicyclic) bond motifs is 3. The zero-order valence-corrected chi connectivity index (χ0v) is 21.2. The zero-order chi connectivity index (χ0) is 25.6. The van der Waals surface area contributed by atoms with E-state index in [1.165, 1.54) is 0 Å². The lowest BCUT2D eigenvalue weighted by atomic mass is 9.87. The summed E-state index contributed by atoms with van der Waals surface area (Å²) in [5.74, 6) is 1.00. The fraction of sp³-hybridized carbons (Fsp3) is 0.379. The van der Waals surface area contributed by atoms with Gasteiger partial charge in [0.15, 0.2) is 5.65 Å².